The maximum atomic E-state index is 9.44. The summed E-state index contributed by atoms with van der Waals surface area (Å²) in [5, 5.41) is 53.2. The van der Waals surface area contributed by atoms with Crippen LogP contribution in [-0.2, 0) is 37.9 Å². The number of hydrogen-bond acceptors (Lipinski definition) is 14. The molecule has 0 bridgehead atoms. The second-order valence-corrected chi connectivity index (χ2v) is 9.62. The summed E-state index contributed by atoms with van der Waals surface area (Å²) in [5.74, 6) is 0. The van der Waals surface area contributed by atoms with E-state index in [2.05, 4.69) is 47.4 Å². The molecule has 4 atom stereocenters. The van der Waals surface area contributed by atoms with Gasteiger partial charge in [0.15, 0.2) is 0 Å². The Hall–Kier alpha value is -2.56. The molecule has 0 aromatic heterocycles. The molecule has 16 heteroatoms. The molecule has 0 aromatic rings. The van der Waals surface area contributed by atoms with Gasteiger partial charge in [-0.2, -0.15) is 0 Å². The van der Waals surface area contributed by atoms with Gasteiger partial charge in [0.2, 0.25) is 0 Å². The molecule has 0 heterocycles. The molecular formula is C30H62O14Rf2-4. The Morgan fingerprint density at radius 3 is 0.935 bits per heavy atom. The van der Waals surface area contributed by atoms with Gasteiger partial charge in [-0.05, 0) is 51.4 Å². The molecule has 0 amide bonds. The molecular weight excluding hydrogens is 1120 g/mol. The van der Waals surface area contributed by atoms with Crippen molar-refractivity contribution < 1.29 is 68.5 Å². The largest absolute Gasteiger partial charge is 0.553 e. The van der Waals surface area contributed by atoms with Gasteiger partial charge in [-0.3, -0.25) is 0 Å². The molecule has 4 unspecified atom stereocenters. The summed E-state index contributed by atoms with van der Waals surface area (Å²) in [5.41, 5.74) is 0. The Kier molecular flexibility index (Phi) is 53.9. The van der Waals surface area contributed by atoms with Gasteiger partial charge in [0, 0.05) is 52.9 Å². The van der Waals surface area contributed by atoms with Crippen molar-refractivity contribution in [3.63, 3.8) is 0 Å². The number of aliphatic hydroxyl groups excluding tert-OH is 6. The van der Waals surface area contributed by atoms with E-state index in [-0.39, 0.29) is 52.9 Å². The Morgan fingerprint density at radius 1 is 0.370 bits per heavy atom. The van der Waals surface area contributed by atoms with E-state index in [1.807, 2.05) is 0 Å². The van der Waals surface area contributed by atoms with Crippen molar-refractivity contribution >= 4 is 0 Å². The van der Waals surface area contributed by atoms with Gasteiger partial charge in [-0.15, -0.1) is 0 Å². The maximum absolute atomic E-state index is 9.44. The van der Waals surface area contributed by atoms with Crippen molar-refractivity contribution in [3.05, 3.63) is 28.4 Å². The van der Waals surface area contributed by atoms with E-state index in [4.69, 9.17) is 39.4 Å². The number of unbranched alkanes of at least 4 members (excludes halogenated alkanes) is 3. The fourth-order valence-electron chi connectivity index (χ4n) is 3.16. The van der Waals surface area contributed by atoms with E-state index in [1.165, 1.54) is 0 Å². The fraction of sp³-hybridized carbons (Fsp3) is 0.867. The van der Waals surface area contributed by atoms with Crippen molar-refractivity contribution in [2.45, 2.75) is 75.8 Å². The number of ether oxygens (including phenoxy) is 8. The summed E-state index contributed by atoms with van der Waals surface area (Å²) < 4.78 is 38.7. The third-order valence-corrected chi connectivity index (χ3v) is 5.31. The van der Waals surface area contributed by atoms with Crippen LogP contribution in [0.2, 0.25) is 0 Å². The predicted molar refractivity (Wildman–Crippen MR) is 164 cm³/mol. The summed E-state index contributed by atoms with van der Waals surface area (Å²) in [6, 6.07) is 0. The molecule has 0 radical (unpaired) electrons. The molecule has 274 valence electrons. The van der Waals surface area contributed by atoms with E-state index < -0.39 is 24.4 Å². The van der Waals surface area contributed by atoms with Crippen LogP contribution in [0.3, 0.4) is 0 Å². The molecule has 0 saturated carbocycles. The summed E-state index contributed by atoms with van der Waals surface area (Å²) >= 11 is 0. The van der Waals surface area contributed by atoms with Crippen molar-refractivity contribution in [3.8, 4) is 0 Å². The first-order chi connectivity index (χ1) is 21.3. The minimum absolute atomic E-state index is 0. The van der Waals surface area contributed by atoms with Crippen molar-refractivity contribution in [2.24, 2.45) is 0 Å². The smallest absolute Gasteiger partial charge is 0.0976 e. The Labute approximate surface area is 265 Å². The van der Waals surface area contributed by atoms with Gasteiger partial charge in [0.1, 0.15) is 0 Å². The molecule has 0 aliphatic rings. The zero-order chi connectivity index (χ0) is 33.5. The Balaban J connectivity index is -0.000000211. The Bertz CT molecular complexity index is 463. The van der Waals surface area contributed by atoms with Crippen LogP contribution in [-0.4, -0.2) is 148 Å². The molecule has 0 aliphatic heterocycles. The van der Waals surface area contributed by atoms with Crippen LogP contribution in [0.5, 0.6) is 0 Å². The first kappa shape index (κ1) is 53.0. The summed E-state index contributed by atoms with van der Waals surface area (Å²) in [4.78, 5) is 0. The fourth-order valence-corrected chi connectivity index (χ4v) is 3.16. The average molecular weight is 1180 g/mol. The van der Waals surface area contributed by atoms with Crippen LogP contribution in [0, 0.1) is 28.4 Å². The van der Waals surface area contributed by atoms with Crippen LogP contribution >= 0.6 is 0 Å². The zero-order valence-corrected chi connectivity index (χ0v) is 40.9. The molecule has 0 spiro atoms. The normalized spacial score (nSPS) is 13.2. The van der Waals surface area contributed by atoms with Gasteiger partial charge >= 0.3 is 0 Å². The minimum atomic E-state index is -0.649. The topological polar surface area (TPSA) is 195 Å². The van der Waals surface area contributed by atoms with E-state index >= 15 is 0 Å². The molecule has 46 heavy (non-hydrogen) atoms. The van der Waals surface area contributed by atoms with Crippen molar-refractivity contribution in [1.29, 1.82) is 0 Å². The summed E-state index contributed by atoms with van der Waals surface area (Å²) in [7, 11) is 12.7. The molecule has 14 nitrogen and oxygen atoms in total. The number of aliphatic hydroxyl groups is 6. The standard InChI is InChI=1S/C18H36O6.2C6H13O4.2Rf/c1-21-15-17(19)9-3-5-11-23-13-7-8-14-24-12-6-4-10-18(20)16-22-2;2*1-9-4-6(8)5-10-3-2-7;;/h17-20H,1-16H2;2*6-8H,1-5H2;;/q-2;2*-1;;. The summed E-state index contributed by atoms with van der Waals surface area (Å²) in [6.45, 7) is 4.67. The van der Waals surface area contributed by atoms with Crippen molar-refractivity contribution in [2.75, 3.05) is 92.5 Å². The average Bonchev–Trinajstić information content (AvgIpc) is 2.99. The first-order valence-corrected chi connectivity index (χ1v) is 15.1. The zero-order valence-electron chi connectivity index (χ0n) is 28.1. The van der Waals surface area contributed by atoms with E-state index in [0.717, 1.165) is 77.8 Å². The second kappa shape index (κ2) is 46.9. The predicted octanol–water partition coefficient (Wildman–Crippen LogP) is 0.807. The molecule has 0 aromatic carbocycles. The molecule has 6 N–H and O–H groups in total. The van der Waals surface area contributed by atoms with Crippen molar-refractivity contribution in [1.82, 2.24) is 0 Å². The summed E-state index contributed by atoms with van der Waals surface area (Å²) in [6.07, 6.45) is 5.10. The van der Waals surface area contributed by atoms with Crippen LogP contribution in [0.25, 0.3) is 0 Å². The maximum Gasteiger partial charge on any atom is 0.0976 e. The third-order valence-electron chi connectivity index (χ3n) is 5.31. The Morgan fingerprint density at radius 2 is 0.652 bits per heavy atom. The first-order valence-electron chi connectivity index (χ1n) is 15.1. The van der Waals surface area contributed by atoms with Gasteiger partial charge in [-0.1, -0.05) is 0 Å². The second-order valence-electron chi connectivity index (χ2n) is 9.62. The van der Waals surface area contributed by atoms with Gasteiger partial charge in [0.05, 0.1) is 64.1 Å². The van der Waals surface area contributed by atoms with Gasteiger partial charge < -0.3 is 68.5 Å². The van der Waals surface area contributed by atoms with Crippen LogP contribution in [0.4, 0.5) is 0 Å². The molecule has 0 aliphatic carbocycles. The SMILES string of the molecule is [CH2-]OCC(O)CCCCOCCCCOCCCCC(O)CO[CH2-].[CH2-]OCC(O)COCCO.[CH2-]OCC(O)COCCO.[Rf].[Rf]. The molecule has 0 rings (SSSR count). The van der Waals surface area contributed by atoms with Gasteiger partial charge in [-0.25, -0.2) is 28.4 Å². The van der Waals surface area contributed by atoms with E-state index in [1.54, 1.807) is 0 Å². The van der Waals surface area contributed by atoms with Gasteiger partial charge in [0.25, 0.3) is 0 Å². The van der Waals surface area contributed by atoms with E-state index in [0.29, 0.717) is 13.2 Å². The number of rotatable bonds is 31. The van der Waals surface area contributed by atoms with E-state index in [9.17, 15) is 10.2 Å². The van der Waals surface area contributed by atoms with Crippen LogP contribution in [0.1, 0.15) is 51.4 Å². The molecule has 0 fully saturated rings. The minimum Gasteiger partial charge on any atom is -0.553 e. The third kappa shape index (κ3) is 51.0. The monoisotopic (exact) mass is 1180 g/mol. The molecule has 0 saturated heterocycles. The number of hydrogen-bond donors (Lipinski definition) is 6. The van der Waals surface area contributed by atoms with Crippen LogP contribution < -0.4 is 0 Å². The quantitative estimate of drug-likeness (QED) is 0.0422. The van der Waals surface area contributed by atoms with Crippen LogP contribution in [0.15, 0.2) is 0 Å².